The molecule has 0 radical (unpaired) electrons. The summed E-state index contributed by atoms with van der Waals surface area (Å²) in [7, 11) is 0. The van der Waals surface area contributed by atoms with Crippen molar-refractivity contribution in [2.75, 3.05) is 6.61 Å². The van der Waals surface area contributed by atoms with Crippen LogP contribution < -0.4 is 10.2 Å². The summed E-state index contributed by atoms with van der Waals surface area (Å²) < 4.78 is 16.2. The van der Waals surface area contributed by atoms with Crippen molar-refractivity contribution in [3.05, 3.63) is 34.5 Å². The Morgan fingerprint density at radius 1 is 0.853 bits per heavy atom. The number of phenols is 4. The van der Waals surface area contributed by atoms with Gasteiger partial charge in [0.1, 0.15) is 35.6 Å². The van der Waals surface area contributed by atoms with Crippen molar-refractivity contribution in [1.82, 2.24) is 0 Å². The zero-order chi connectivity index (χ0) is 24.9. The van der Waals surface area contributed by atoms with Crippen LogP contribution in [0.1, 0.15) is 0 Å². The lowest BCUT2D eigenvalue weighted by Gasteiger charge is -2.39. The molecule has 5 atom stereocenters. The molecule has 0 bridgehead atoms. The van der Waals surface area contributed by atoms with E-state index >= 15 is 0 Å². The predicted octanol–water partition coefficient (Wildman–Crippen LogP) is -0.833. The molecule has 0 saturated carbocycles. The molecule has 13 heteroatoms. The highest BCUT2D eigenvalue weighted by atomic mass is 16.7. The molecule has 4 rings (SSSR count). The lowest BCUT2D eigenvalue weighted by Crippen LogP contribution is -2.60. The molecule has 1 saturated heterocycles. The zero-order valence-electron chi connectivity index (χ0n) is 17.1. The van der Waals surface area contributed by atoms with Crippen LogP contribution in [0.2, 0.25) is 0 Å². The van der Waals surface area contributed by atoms with Gasteiger partial charge in [-0.1, -0.05) is 0 Å². The highest BCUT2D eigenvalue weighted by Crippen LogP contribution is 2.44. The van der Waals surface area contributed by atoms with E-state index in [2.05, 4.69) is 0 Å². The molecule has 1 aliphatic heterocycles. The number of benzene rings is 2. The van der Waals surface area contributed by atoms with Crippen LogP contribution in [0.4, 0.5) is 0 Å². The minimum absolute atomic E-state index is 0.0755. The number of aliphatic hydroxyl groups excluding tert-OH is 4. The van der Waals surface area contributed by atoms with E-state index < -0.39 is 94.0 Å². The molecule has 9 N–H and O–H groups in total. The Morgan fingerprint density at radius 3 is 2.21 bits per heavy atom. The summed E-state index contributed by atoms with van der Waals surface area (Å²) in [5.41, 5.74) is -1.84. The van der Waals surface area contributed by atoms with Crippen molar-refractivity contribution in [2.24, 2.45) is 0 Å². The average Bonchev–Trinajstić information content (AvgIpc) is 2.80. The smallest absolute Gasteiger partial charge is 0.238 e. The highest BCUT2D eigenvalue weighted by Gasteiger charge is 2.45. The minimum atomic E-state index is -1.88. The van der Waals surface area contributed by atoms with Crippen molar-refractivity contribution >= 4 is 11.0 Å². The number of hydrogen-bond acceptors (Lipinski definition) is 13. The van der Waals surface area contributed by atoms with E-state index in [-0.39, 0.29) is 5.56 Å². The van der Waals surface area contributed by atoms with E-state index in [1.807, 2.05) is 0 Å². The second-order valence-corrected chi connectivity index (χ2v) is 7.58. The van der Waals surface area contributed by atoms with Gasteiger partial charge < -0.3 is 59.8 Å². The van der Waals surface area contributed by atoms with Gasteiger partial charge in [0.05, 0.1) is 6.61 Å². The van der Waals surface area contributed by atoms with Gasteiger partial charge in [0.25, 0.3) is 0 Å². The molecule has 1 aromatic heterocycles. The standard InChI is InChI=1S/C21H20O13/c22-5-11-13(27)15(29)17(31)21(32-11)34-19-10(26)4-9(25)12-14(28)16(30)18(33-20(12)19)6-1-2-7(23)8(24)3-6/h1-4,11,13,15,17,21-27,29-31H,5H2/t11-,13-,15-,17-,21-/m1/s1. The van der Waals surface area contributed by atoms with Gasteiger partial charge in [0.2, 0.25) is 23.2 Å². The van der Waals surface area contributed by atoms with Crippen molar-refractivity contribution in [2.45, 2.75) is 30.7 Å². The number of aliphatic hydroxyl groups is 4. The maximum absolute atomic E-state index is 12.8. The first-order valence-electron chi connectivity index (χ1n) is 9.79. The molecular formula is C21H20O13. The van der Waals surface area contributed by atoms with Crippen LogP contribution in [0.5, 0.6) is 34.5 Å². The third-order valence-corrected chi connectivity index (χ3v) is 5.38. The quantitative estimate of drug-likeness (QED) is 0.208. The van der Waals surface area contributed by atoms with Gasteiger partial charge in [-0.15, -0.1) is 0 Å². The molecule has 0 unspecified atom stereocenters. The van der Waals surface area contributed by atoms with E-state index in [4.69, 9.17) is 13.9 Å². The Bertz CT molecular complexity index is 1300. The number of phenolic OH excluding ortho intramolecular Hbond substituents is 4. The summed E-state index contributed by atoms with van der Waals surface area (Å²) in [4.78, 5) is 12.8. The molecule has 2 heterocycles. The normalized spacial score (nSPS) is 24.9. The molecule has 0 aliphatic carbocycles. The van der Waals surface area contributed by atoms with Crippen LogP contribution >= 0.6 is 0 Å². The van der Waals surface area contributed by atoms with Crippen molar-refractivity contribution in [3.63, 3.8) is 0 Å². The highest BCUT2D eigenvalue weighted by molar-refractivity contribution is 5.93. The maximum atomic E-state index is 12.8. The summed E-state index contributed by atoms with van der Waals surface area (Å²) in [6, 6.07) is 3.92. The van der Waals surface area contributed by atoms with E-state index in [1.54, 1.807) is 0 Å². The first kappa shape index (κ1) is 23.4. The van der Waals surface area contributed by atoms with Crippen LogP contribution in [0.15, 0.2) is 33.5 Å². The molecule has 1 aliphatic rings. The molecule has 2 aromatic carbocycles. The van der Waals surface area contributed by atoms with E-state index in [9.17, 15) is 50.8 Å². The van der Waals surface area contributed by atoms with Gasteiger partial charge in [-0.3, -0.25) is 4.79 Å². The van der Waals surface area contributed by atoms with Gasteiger partial charge in [0, 0.05) is 11.6 Å². The molecule has 0 spiro atoms. The fourth-order valence-electron chi connectivity index (χ4n) is 3.56. The van der Waals surface area contributed by atoms with Gasteiger partial charge in [-0.05, 0) is 18.2 Å². The molecule has 1 fully saturated rings. The van der Waals surface area contributed by atoms with E-state index in [0.717, 1.165) is 12.1 Å². The second-order valence-electron chi connectivity index (χ2n) is 7.58. The largest absolute Gasteiger partial charge is 0.507 e. The lowest BCUT2D eigenvalue weighted by atomic mass is 9.99. The Hall–Kier alpha value is -3.75. The Morgan fingerprint density at radius 2 is 1.56 bits per heavy atom. The van der Waals surface area contributed by atoms with Crippen LogP contribution in [0.25, 0.3) is 22.3 Å². The second kappa shape index (κ2) is 8.55. The first-order chi connectivity index (χ1) is 16.0. The van der Waals surface area contributed by atoms with Crippen LogP contribution in [-0.2, 0) is 4.74 Å². The Balaban J connectivity index is 1.89. The Labute approximate surface area is 189 Å². The summed E-state index contributed by atoms with van der Waals surface area (Å²) in [5, 5.41) is 89.0. The summed E-state index contributed by atoms with van der Waals surface area (Å²) in [6.45, 7) is -0.759. The number of aromatic hydroxyl groups is 5. The van der Waals surface area contributed by atoms with Crippen molar-refractivity contribution in [3.8, 4) is 45.8 Å². The SMILES string of the molecule is O=c1c(O)c(-c2ccc(O)c(O)c2)oc2c(O[C@H]3O[C@H](CO)[C@@H](O)[C@@H](O)[C@H]3O)c(O)cc(O)c12. The number of hydrogen-bond donors (Lipinski definition) is 9. The monoisotopic (exact) mass is 480 g/mol. The number of ether oxygens (including phenoxy) is 2. The number of fused-ring (bicyclic) bond motifs is 1. The minimum Gasteiger partial charge on any atom is -0.507 e. The first-order valence-corrected chi connectivity index (χ1v) is 9.79. The number of rotatable bonds is 4. The van der Waals surface area contributed by atoms with Gasteiger partial charge in [-0.25, -0.2) is 0 Å². The summed E-state index contributed by atoms with van der Waals surface area (Å²) in [6.07, 6.45) is -8.50. The maximum Gasteiger partial charge on any atom is 0.238 e. The van der Waals surface area contributed by atoms with E-state index in [1.165, 1.54) is 6.07 Å². The van der Waals surface area contributed by atoms with Gasteiger partial charge in [-0.2, -0.15) is 0 Å². The Kier molecular flexibility index (Phi) is 5.89. The molecule has 0 amide bonds. The summed E-state index contributed by atoms with van der Waals surface area (Å²) in [5.74, 6) is -4.84. The summed E-state index contributed by atoms with van der Waals surface area (Å²) >= 11 is 0. The molecule has 3 aromatic rings. The topological polar surface area (TPSA) is 231 Å². The van der Waals surface area contributed by atoms with Crippen LogP contribution in [0.3, 0.4) is 0 Å². The predicted molar refractivity (Wildman–Crippen MR) is 111 cm³/mol. The van der Waals surface area contributed by atoms with Gasteiger partial charge >= 0.3 is 0 Å². The van der Waals surface area contributed by atoms with Crippen molar-refractivity contribution in [1.29, 1.82) is 0 Å². The lowest BCUT2D eigenvalue weighted by molar-refractivity contribution is -0.277. The molecule has 182 valence electrons. The third kappa shape index (κ3) is 3.70. The van der Waals surface area contributed by atoms with Crippen molar-refractivity contribution < 1.29 is 59.8 Å². The van der Waals surface area contributed by atoms with Crippen LogP contribution in [-0.4, -0.2) is 83.3 Å². The molecular weight excluding hydrogens is 460 g/mol. The van der Waals surface area contributed by atoms with Gasteiger partial charge in [0.15, 0.2) is 28.6 Å². The average molecular weight is 480 g/mol. The zero-order valence-corrected chi connectivity index (χ0v) is 17.1. The van der Waals surface area contributed by atoms with E-state index in [0.29, 0.717) is 6.07 Å². The third-order valence-electron chi connectivity index (χ3n) is 5.38. The fourth-order valence-corrected chi connectivity index (χ4v) is 3.56. The molecule has 34 heavy (non-hydrogen) atoms. The molecule has 13 nitrogen and oxygen atoms in total. The fraction of sp³-hybridized carbons (Fsp3) is 0.286. The van der Waals surface area contributed by atoms with Crippen LogP contribution in [0, 0.1) is 0 Å².